The molecule has 0 aliphatic rings. The third-order valence-corrected chi connectivity index (χ3v) is 3.27. The van der Waals surface area contributed by atoms with Gasteiger partial charge < -0.3 is 9.30 Å². The van der Waals surface area contributed by atoms with E-state index >= 15 is 0 Å². The Kier molecular flexibility index (Phi) is 6.61. The van der Waals surface area contributed by atoms with E-state index in [0.717, 1.165) is 10.0 Å². The van der Waals surface area contributed by atoms with Crippen molar-refractivity contribution in [3.63, 3.8) is 0 Å². The first-order valence-corrected chi connectivity index (χ1v) is 6.30. The van der Waals surface area contributed by atoms with Crippen molar-refractivity contribution in [1.82, 2.24) is 4.57 Å². The van der Waals surface area contributed by atoms with Crippen LogP contribution in [0.5, 0.6) is 5.75 Å². The van der Waals surface area contributed by atoms with Crippen molar-refractivity contribution < 1.29 is 37.4 Å². The van der Waals surface area contributed by atoms with Gasteiger partial charge in [0.15, 0.2) is 12.2 Å². The Morgan fingerprint density at radius 3 is 2.85 bits per heavy atom. The molecule has 2 rings (SSSR count). The second-order valence-corrected chi connectivity index (χ2v) is 4.67. The number of aromatic nitrogens is 1. The Hall–Kier alpha value is -0.956. The largest absolute Gasteiger partial charge is 0.479 e. The van der Waals surface area contributed by atoms with Gasteiger partial charge in [0.25, 0.3) is 0 Å². The average Bonchev–Trinajstić information content (AvgIpc) is 2.40. The fraction of sp³-hybridized carbons (Fsp3) is 0.143. The Balaban J connectivity index is 0.00000200. The maximum absolute atomic E-state index is 11.6. The van der Waals surface area contributed by atoms with Crippen LogP contribution in [0.3, 0.4) is 0 Å². The molecule has 1 aromatic carbocycles. The summed E-state index contributed by atoms with van der Waals surface area (Å²) >= 11 is 3.44. The topological polar surface area (TPSA) is 55.0 Å². The fourth-order valence-corrected chi connectivity index (χ4v) is 2.21. The summed E-state index contributed by atoms with van der Waals surface area (Å²) < 4.78 is 7.51. The summed E-state index contributed by atoms with van der Waals surface area (Å²) in [5, 5.41) is 8.47. The molecule has 99 valence electrons. The number of rotatable bonds is 3. The van der Waals surface area contributed by atoms with E-state index in [1.807, 2.05) is 12.1 Å². The van der Waals surface area contributed by atoms with E-state index < -0.39 is 0 Å². The van der Waals surface area contributed by atoms with Gasteiger partial charge in [-0.1, -0.05) is 33.3 Å². The number of nitriles is 1. The van der Waals surface area contributed by atoms with E-state index in [1.54, 1.807) is 25.2 Å². The van der Waals surface area contributed by atoms with Crippen LogP contribution in [0.1, 0.15) is 0 Å². The molecule has 0 aliphatic carbocycles. The van der Waals surface area contributed by atoms with Crippen LogP contribution >= 0.6 is 15.9 Å². The maximum Gasteiger partial charge on any atom is 0.194 e. The summed E-state index contributed by atoms with van der Waals surface area (Å²) in [5.74, 6) is 0.595. The zero-order chi connectivity index (χ0) is 13.8. The second-order valence-electron chi connectivity index (χ2n) is 3.81. The Morgan fingerprint density at radius 1 is 1.45 bits per heavy atom. The minimum atomic E-state index is -0.0922. The predicted molar refractivity (Wildman–Crippen MR) is 74.8 cm³/mol. The molecule has 0 saturated carbocycles. The molecule has 0 aliphatic heterocycles. The van der Waals surface area contributed by atoms with E-state index in [-0.39, 0.29) is 44.9 Å². The van der Waals surface area contributed by atoms with Crippen molar-refractivity contribution in [2.24, 2.45) is 7.05 Å². The predicted octanol–water partition coefficient (Wildman–Crippen LogP) is 2.51. The van der Waals surface area contributed by atoms with E-state index in [1.165, 1.54) is 10.6 Å². The van der Waals surface area contributed by atoms with E-state index in [0.29, 0.717) is 11.4 Å². The van der Waals surface area contributed by atoms with Gasteiger partial charge in [-0.25, -0.2) is 0 Å². The quantitative estimate of drug-likeness (QED) is 0.736. The molecule has 0 N–H and O–H groups in total. The molecular formula is C14H10BrN2O2Y-. The van der Waals surface area contributed by atoms with Gasteiger partial charge in [-0.3, -0.25) is 4.79 Å². The molecule has 4 nitrogen and oxygen atoms in total. The molecule has 20 heavy (non-hydrogen) atoms. The van der Waals surface area contributed by atoms with Gasteiger partial charge in [0.2, 0.25) is 0 Å². The van der Waals surface area contributed by atoms with E-state index in [9.17, 15) is 4.79 Å². The van der Waals surface area contributed by atoms with Crippen LogP contribution in [0.2, 0.25) is 0 Å². The molecule has 0 amide bonds. The molecule has 1 aromatic heterocycles. The summed E-state index contributed by atoms with van der Waals surface area (Å²) in [6.45, 7) is 0.00172. The first kappa shape index (κ1) is 17.1. The average molecular weight is 407 g/mol. The molecule has 0 unspecified atom stereocenters. The van der Waals surface area contributed by atoms with Gasteiger partial charge in [-0.05, 0) is 16.6 Å². The number of benzene rings is 1. The van der Waals surface area contributed by atoms with Crippen molar-refractivity contribution in [2.75, 3.05) is 6.61 Å². The van der Waals surface area contributed by atoms with Crippen LogP contribution in [0.25, 0.3) is 11.3 Å². The minimum absolute atomic E-state index is 0. The Morgan fingerprint density at radius 2 is 2.20 bits per heavy atom. The first-order valence-electron chi connectivity index (χ1n) is 5.51. The van der Waals surface area contributed by atoms with Gasteiger partial charge in [0, 0.05) is 39.8 Å². The van der Waals surface area contributed by atoms with Crippen LogP contribution in [0.4, 0.5) is 0 Å². The third kappa shape index (κ3) is 3.79. The maximum atomic E-state index is 11.6. The number of hydrogen-bond donors (Lipinski definition) is 0. The van der Waals surface area contributed by atoms with Crippen molar-refractivity contribution >= 4 is 15.9 Å². The Labute approximate surface area is 150 Å². The molecule has 0 atom stereocenters. The summed E-state index contributed by atoms with van der Waals surface area (Å²) in [6.07, 6.45) is 0. The summed E-state index contributed by atoms with van der Waals surface area (Å²) in [5.41, 5.74) is 1.43. The number of nitrogens with zero attached hydrogens (tertiary/aromatic N) is 2. The molecule has 0 spiro atoms. The van der Waals surface area contributed by atoms with Crippen LogP contribution in [0, 0.1) is 17.4 Å². The van der Waals surface area contributed by atoms with Crippen LogP contribution in [0.15, 0.2) is 39.6 Å². The standard InChI is InChI=1S/C14H10BrN2O2.Y/c1-17-13(3-2-4-14(17)18)11-6-5-10(9-12(11)15)19-8-7-16;/h2,4-6,9H,8H2,1H3;/q-1;. The summed E-state index contributed by atoms with van der Waals surface area (Å²) in [6, 6.07) is 13.3. The molecule has 1 radical (unpaired) electrons. The number of pyridine rings is 1. The third-order valence-electron chi connectivity index (χ3n) is 2.61. The molecule has 1 heterocycles. The van der Waals surface area contributed by atoms with Gasteiger partial charge >= 0.3 is 0 Å². The molecule has 0 saturated heterocycles. The summed E-state index contributed by atoms with van der Waals surface area (Å²) in [4.78, 5) is 11.6. The van der Waals surface area contributed by atoms with E-state index in [4.69, 9.17) is 10.00 Å². The van der Waals surface area contributed by atoms with Crippen LogP contribution in [-0.4, -0.2) is 11.2 Å². The van der Waals surface area contributed by atoms with Gasteiger partial charge in [-0.15, -0.1) is 6.07 Å². The smallest absolute Gasteiger partial charge is 0.194 e. The number of hydrogen-bond acceptors (Lipinski definition) is 3. The molecule has 0 fully saturated rings. The monoisotopic (exact) mass is 406 g/mol. The zero-order valence-corrected chi connectivity index (χ0v) is 15.2. The van der Waals surface area contributed by atoms with Crippen LogP contribution in [-0.2, 0) is 39.8 Å². The van der Waals surface area contributed by atoms with Crippen molar-refractivity contribution in [1.29, 1.82) is 5.26 Å². The van der Waals surface area contributed by atoms with E-state index in [2.05, 4.69) is 22.0 Å². The van der Waals surface area contributed by atoms with Gasteiger partial charge in [-0.2, -0.15) is 17.4 Å². The van der Waals surface area contributed by atoms with Crippen molar-refractivity contribution in [3.05, 3.63) is 51.2 Å². The molecule has 2 aromatic rings. The fourth-order valence-electron chi connectivity index (χ4n) is 1.66. The van der Waals surface area contributed by atoms with Gasteiger partial charge in [0.05, 0.1) is 0 Å². The molecular weight excluding hydrogens is 397 g/mol. The molecule has 6 heteroatoms. The second kappa shape index (κ2) is 7.73. The SMILES string of the molecule is Cn1c(-c2ccc(OCC#N)cc2Br)[c-]ccc1=O.[Y]. The zero-order valence-electron chi connectivity index (χ0n) is 10.8. The van der Waals surface area contributed by atoms with Crippen molar-refractivity contribution in [2.45, 2.75) is 0 Å². The van der Waals surface area contributed by atoms with Gasteiger partial charge in [0.1, 0.15) is 11.8 Å². The molecule has 0 bridgehead atoms. The number of halogens is 1. The first-order chi connectivity index (χ1) is 9.13. The Bertz CT molecular complexity index is 707. The minimum Gasteiger partial charge on any atom is -0.479 e. The van der Waals surface area contributed by atoms with Crippen LogP contribution < -0.4 is 10.3 Å². The van der Waals surface area contributed by atoms with Crippen molar-refractivity contribution in [3.8, 4) is 23.1 Å². The normalized spacial score (nSPS) is 9.45. The summed E-state index contributed by atoms with van der Waals surface area (Å²) in [7, 11) is 1.70. The number of ether oxygens (including phenoxy) is 1.